The largest absolute Gasteiger partial charge is 0.381 e. The van der Waals surface area contributed by atoms with Crippen LogP contribution in [-0.4, -0.2) is 77.2 Å². The van der Waals surface area contributed by atoms with Gasteiger partial charge in [-0.25, -0.2) is 13.8 Å². The first-order valence-corrected chi connectivity index (χ1v) is 14.5. The molecule has 4 N–H and O–H groups in total. The maximum Gasteiger partial charge on any atom is 0.244 e. The van der Waals surface area contributed by atoms with Crippen molar-refractivity contribution in [2.45, 2.75) is 56.4 Å². The third kappa shape index (κ3) is 5.17. The lowest BCUT2D eigenvalue weighted by molar-refractivity contribution is -0.131. The molecule has 1 aromatic rings. The first-order chi connectivity index (χ1) is 17.1. The van der Waals surface area contributed by atoms with E-state index in [0.717, 1.165) is 31.2 Å². The molecule has 4 fully saturated rings. The van der Waals surface area contributed by atoms with Crippen LogP contribution < -0.4 is 25.7 Å². The number of hydrogen-bond donors (Lipinski definition) is 4. The first kappa shape index (κ1) is 25.2. The Bertz CT molecular complexity index is 1120. The highest BCUT2D eigenvalue weighted by Crippen LogP contribution is 2.37. The topological polar surface area (TPSA) is 132 Å². The highest BCUT2D eigenvalue weighted by Gasteiger charge is 2.49. The van der Waals surface area contributed by atoms with Crippen LogP contribution in [0.2, 0.25) is 0 Å². The molecular formula is C24H36N6O5S. The summed E-state index contributed by atoms with van der Waals surface area (Å²) in [6, 6.07) is 5.55. The van der Waals surface area contributed by atoms with Crippen molar-refractivity contribution >= 4 is 33.2 Å². The quantitative estimate of drug-likeness (QED) is 0.409. The van der Waals surface area contributed by atoms with Gasteiger partial charge in [0.05, 0.1) is 35.9 Å². The summed E-state index contributed by atoms with van der Waals surface area (Å²) in [4.78, 5) is 25.5. The van der Waals surface area contributed by atoms with Crippen molar-refractivity contribution in [3.8, 4) is 0 Å². The van der Waals surface area contributed by atoms with Crippen LogP contribution in [0.15, 0.2) is 18.2 Å². The number of benzene rings is 1. The number of anilines is 2. The molecule has 12 heteroatoms. The molecule has 36 heavy (non-hydrogen) atoms. The number of nitrogens with one attached hydrogen (secondary N) is 4. The summed E-state index contributed by atoms with van der Waals surface area (Å²) < 4.78 is 31.8. The normalized spacial score (nSPS) is 29.1. The molecule has 1 aromatic carbocycles. The Morgan fingerprint density at radius 1 is 1.19 bits per heavy atom. The number of carbonyl (C=O) groups excluding carboxylic acids is 2. The molecule has 11 nitrogen and oxygen atoms in total. The summed E-state index contributed by atoms with van der Waals surface area (Å²) in [5, 5.41) is 11.4. The van der Waals surface area contributed by atoms with Crippen LogP contribution in [0.3, 0.4) is 0 Å². The molecule has 198 valence electrons. The van der Waals surface area contributed by atoms with E-state index in [9.17, 15) is 18.0 Å². The third-order valence-electron chi connectivity index (χ3n) is 7.77. The smallest absolute Gasteiger partial charge is 0.244 e. The van der Waals surface area contributed by atoms with Gasteiger partial charge < -0.3 is 15.4 Å². The van der Waals surface area contributed by atoms with Gasteiger partial charge in [-0.05, 0) is 49.3 Å². The molecule has 1 saturated carbocycles. The van der Waals surface area contributed by atoms with E-state index in [0.29, 0.717) is 36.9 Å². The number of piperidine rings is 1. The molecule has 0 aromatic heterocycles. The predicted molar refractivity (Wildman–Crippen MR) is 135 cm³/mol. The number of ether oxygens (including phenoxy) is 1. The van der Waals surface area contributed by atoms with E-state index < -0.39 is 15.9 Å². The van der Waals surface area contributed by atoms with E-state index in [1.807, 2.05) is 18.2 Å². The summed E-state index contributed by atoms with van der Waals surface area (Å²) in [7, 11) is -0.293. The zero-order valence-corrected chi connectivity index (χ0v) is 21.8. The van der Waals surface area contributed by atoms with Crippen molar-refractivity contribution < 1.29 is 22.7 Å². The SMILES string of the molecule is CN1NC2NC(NC(=O)C3CC3)CC(Nc3ccc(C4CCOCC4)cc3N(C)S(C)(=O)=O)C2C1=O. The third-order valence-corrected chi connectivity index (χ3v) is 8.96. The van der Waals surface area contributed by atoms with Crippen molar-refractivity contribution in [2.75, 3.05) is 43.2 Å². The zero-order valence-electron chi connectivity index (χ0n) is 21.0. The van der Waals surface area contributed by atoms with Crippen LogP contribution in [0.4, 0.5) is 11.4 Å². The molecular weight excluding hydrogens is 484 g/mol. The van der Waals surface area contributed by atoms with Gasteiger partial charge in [0.25, 0.3) is 0 Å². The number of nitrogens with zero attached hydrogens (tertiary/aromatic N) is 2. The maximum absolute atomic E-state index is 13.0. The molecule has 0 spiro atoms. The minimum atomic E-state index is -3.52. The van der Waals surface area contributed by atoms with E-state index in [1.165, 1.54) is 15.6 Å². The fraction of sp³-hybridized carbons (Fsp3) is 0.667. The predicted octanol–water partition coefficient (Wildman–Crippen LogP) is 0.521. The second-order valence-electron chi connectivity index (χ2n) is 10.4. The highest BCUT2D eigenvalue weighted by molar-refractivity contribution is 7.92. The van der Waals surface area contributed by atoms with Crippen molar-refractivity contribution in [2.24, 2.45) is 11.8 Å². The molecule has 5 rings (SSSR count). The monoisotopic (exact) mass is 520 g/mol. The van der Waals surface area contributed by atoms with E-state index in [-0.39, 0.29) is 36.1 Å². The Kier molecular flexibility index (Phi) is 6.88. The van der Waals surface area contributed by atoms with Crippen LogP contribution in [0.1, 0.15) is 43.6 Å². The van der Waals surface area contributed by atoms with E-state index in [2.05, 4.69) is 21.4 Å². The van der Waals surface area contributed by atoms with Crippen molar-refractivity contribution in [3.63, 3.8) is 0 Å². The van der Waals surface area contributed by atoms with Crippen molar-refractivity contribution in [1.82, 2.24) is 21.1 Å². The lowest BCUT2D eigenvalue weighted by Crippen LogP contribution is -2.63. The summed E-state index contributed by atoms with van der Waals surface area (Å²) in [6.45, 7) is 1.38. The van der Waals surface area contributed by atoms with Crippen molar-refractivity contribution in [1.29, 1.82) is 0 Å². The fourth-order valence-corrected chi connectivity index (χ4v) is 5.94. The first-order valence-electron chi connectivity index (χ1n) is 12.6. The van der Waals surface area contributed by atoms with Crippen LogP contribution in [0, 0.1) is 11.8 Å². The Labute approximate surface area is 212 Å². The maximum atomic E-state index is 13.0. The number of amides is 2. The molecule has 4 aliphatic rings. The number of rotatable bonds is 7. The molecule has 0 radical (unpaired) electrons. The standard InChI is InChI=1S/C24H36N6O5S/c1-29-24(32)21-18(13-20(26-22(21)28-29)27-23(31)15-4-5-15)25-17-7-6-16(14-8-10-35-11-9-14)12-19(17)30(2)36(3,33)34/h6-7,12,14-15,18,20-22,25-26,28H,4-5,8-11,13H2,1-3H3,(H,27,31). The molecule has 1 aliphatic carbocycles. The van der Waals surface area contributed by atoms with Gasteiger partial charge in [-0.3, -0.25) is 24.2 Å². The van der Waals surface area contributed by atoms with Gasteiger partial charge in [-0.2, -0.15) is 0 Å². The Morgan fingerprint density at radius 2 is 1.92 bits per heavy atom. The second kappa shape index (κ2) is 9.81. The lowest BCUT2D eigenvalue weighted by Gasteiger charge is -2.39. The van der Waals surface area contributed by atoms with Crippen LogP contribution >= 0.6 is 0 Å². The van der Waals surface area contributed by atoms with Gasteiger partial charge in [0, 0.05) is 45.7 Å². The Balaban J connectivity index is 1.44. The highest BCUT2D eigenvalue weighted by atomic mass is 32.2. The number of fused-ring (bicyclic) bond motifs is 1. The lowest BCUT2D eigenvalue weighted by atomic mass is 9.88. The Morgan fingerprint density at radius 3 is 2.58 bits per heavy atom. The number of hydrazine groups is 1. The van der Waals surface area contributed by atoms with Gasteiger partial charge in [-0.15, -0.1) is 0 Å². The van der Waals surface area contributed by atoms with Gasteiger partial charge in [0.15, 0.2) is 0 Å². The van der Waals surface area contributed by atoms with Crippen molar-refractivity contribution in [3.05, 3.63) is 23.8 Å². The fourth-order valence-electron chi connectivity index (χ4n) is 5.43. The molecule has 4 unspecified atom stereocenters. The van der Waals surface area contributed by atoms with Gasteiger partial charge >= 0.3 is 0 Å². The average Bonchev–Trinajstić information content (AvgIpc) is 3.65. The van der Waals surface area contributed by atoms with Gasteiger partial charge in [-0.1, -0.05) is 6.07 Å². The minimum absolute atomic E-state index is 0.0284. The molecule has 3 saturated heterocycles. The van der Waals surface area contributed by atoms with Gasteiger partial charge in [0.1, 0.15) is 0 Å². The zero-order chi connectivity index (χ0) is 25.6. The summed E-state index contributed by atoms with van der Waals surface area (Å²) >= 11 is 0. The van der Waals surface area contributed by atoms with E-state index >= 15 is 0 Å². The average molecular weight is 521 g/mol. The molecule has 2 amide bonds. The molecule has 3 heterocycles. The van der Waals surface area contributed by atoms with Crippen LogP contribution in [0.25, 0.3) is 0 Å². The summed E-state index contributed by atoms with van der Waals surface area (Å²) in [6.07, 6.45) is 4.59. The number of sulfonamides is 1. The van der Waals surface area contributed by atoms with Crippen LogP contribution in [0.5, 0.6) is 0 Å². The summed E-state index contributed by atoms with van der Waals surface area (Å²) in [5.41, 5.74) is 5.40. The number of hydrogen-bond acceptors (Lipinski definition) is 8. The van der Waals surface area contributed by atoms with E-state index in [4.69, 9.17) is 4.74 Å². The Hall–Kier alpha value is -2.41. The second-order valence-corrected chi connectivity index (χ2v) is 12.4. The molecule has 4 atom stereocenters. The summed E-state index contributed by atoms with van der Waals surface area (Å²) in [5.74, 6) is -0.0753. The molecule has 0 bridgehead atoms. The van der Waals surface area contributed by atoms with Crippen LogP contribution in [-0.2, 0) is 24.3 Å². The van der Waals surface area contributed by atoms with E-state index in [1.54, 1.807) is 14.1 Å². The molecule has 3 aliphatic heterocycles. The number of carbonyl (C=O) groups is 2. The van der Waals surface area contributed by atoms with Gasteiger partial charge in [0.2, 0.25) is 21.8 Å². The minimum Gasteiger partial charge on any atom is -0.381 e.